The second kappa shape index (κ2) is 5.07. The molecule has 1 aromatic carbocycles. The molecular weight excluding hydrogens is 256 g/mol. The standard InChI is InChI=1S/C11H11ClN4O2/c12-7-2-1-3-8(6(7)4-13)18-11-9(14)10(17)15-5-16-11/h1-3,5H,4,13-14H2,(H,15,16,17). The zero-order chi connectivity index (χ0) is 13.1. The highest BCUT2D eigenvalue weighted by Crippen LogP contribution is 2.30. The van der Waals surface area contributed by atoms with E-state index in [0.29, 0.717) is 16.3 Å². The monoisotopic (exact) mass is 266 g/mol. The number of hydrogen-bond donors (Lipinski definition) is 3. The van der Waals surface area contributed by atoms with Crippen molar-refractivity contribution in [1.29, 1.82) is 0 Å². The Labute approximate surface area is 108 Å². The predicted octanol–water partition coefficient (Wildman–Crippen LogP) is 1.26. The molecule has 7 heteroatoms. The molecule has 2 aromatic rings. The van der Waals surface area contributed by atoms with Gasteiger partial charge in [0.2, 0.25) is 5.88 Å². The largest absolute Gasteiger partial charge is 0.437 e. The number of aromatic amines is 1. The summed E-state index contributed by atoms with van der Waals surface area (Å²) in [5, 5.41) is 0.485. The number of nitrogen functional groups attached to an aromatic ring is 1. The fourth-order valence-electron chi connectivity index (χ4n) is 1.41. The molecule has 0 radical (unpaired) electrons. The number of halogens is 1. The Kier molecular flexibility index (Phi) is 3.50. The SMILES string of the molecule is NCc1c(Cl)cccc1Oc1nc[nH]c(=O)c1N. The summed E-state index contributed by atoms with van der Waals surface area (Å²) in [7, 11) is 0. The first-order valence-electron chi connectivity index (χ1n) is 5.12. The van der Waals surface area contributed by atoms with Crippen molar-refractivity contribution in [2.45, 2.75) is 6.54 Å². The summed E-state index contributed by atoms with van der Waals surface area (Å²) in [5.41, 5.74) is 11.2. The first-order chi connectivity index (χ1) is 8.63. The number of ether oxygens (including phenoxy) is 1. The lowest BCUT2D eigenvalue weighted by molar-refractivity contribution is 0.458. The molecule has 18 heavy (non-hydrogen) atoms. The number of aromatic nitrogens is 2. The van der Waals surface area contributed by atoms with E-state index in [4.69, 9.17) is 27.8 Å². The molecule has 0 bridgehead atoms. The molecule has 0 saturated carbocycles. The van der Waals surface area contributed by atoms with Gasteiger partial charge < -0.3 is 21.2 Å². The van der Waals surface area contributed by atoms with E-state index >= 15 is 0 Å². The minimum absolute atomic E-state index is 0.0238. The lowest BCUT2D eigenvalue weighted by Gasteiger charge is -2.11. The zero-order valence-electron chi connectivity index (χ0n) is 9.31. The van der Waals surface area contributed by atoms with Gasteiger partial charge in [-0.3, -0.25) is 4.79 Å². The Balaban J connectivity index is 2.43. The Hall–Kier alpha value is -2.05. The van der Waals surface area contributed by atoms with E-state index in [2.05, 4.69) is 9.97 Å². The van der Waals surface area contributed by atoms with Gasteiger partial charge in [0.15, 0.2) is 5.69 Å². The Morgan fingerprint density at radius 3 is 2.94 bits per heavy atom. The summed E-state index contributed by atoms with van der Waals surface area (Å²) in [6.07, 6.45) is 1.21. The van der Waals surface area contributed by atoms with Crippen LogP contribution in [0.4, 0.5) is 5.69 Å². The minimum atomic E-state index is -0.462. The van der Waals surface area contributed by atoms with Crippen molar-refractivity contribution < 1.29 is 4.74 Å². The van der Waals surface area contributed by atoms with Crippen LogP contribution in [0.15, 0.2) is 29.3 Å². The number of nitrogens with zero attached hydrogens (tertiary/aromatic N) is 1. The highest BCUT2D eigenvalue weighted by Gasteiger charge is 2.11. The molecule has 0 aliphatic heterocycles. The second-order valence-electron chi connectivity index (χ2n) is 3.47. The van der Waals surface area contributed by atoms with Crippen molar-refractivity contribution in [3.8, 4) is 11.6 Å². The summed E-state index contributed by atoms with van der Waals surface area (Å²) < 4.78 is 5.47. The van der Waals surface area contributed by atoms with Crippen LogP contribution < -0.4 is 21.8 Å². The lowest BCUT2D eigenvalue weighted by atomic mass is 10.2. The molecule has 5 N–H and O–H groups in total. The van der Waals surface area contributed by atoms with E-state index in [1.165, 1.54) is 6.33 Å². The normalized spacial score (nSPS) is 10.3. The highest BCUT2D eigenvalue weighted by atomic mass is 35.5. The van der Waals surface area contributed by atoms with Gasteiger partial charge in [-0.05, 0) is 12.1 Å². The minimum Gasteiger partial charge on any atom is -0.437 e. The third-order valence-electron chi connectivity index (χ3n) is 2.34. The van der Waals surface area contributed by atoms with E-state index < -0.39 is 5.56 Å². The third-order valence-corrected chi connectivity index (χ3v) is 2.69. The maximum atomic E-state index is 11.3. The van der Waals surface area contributed by atoms with Crippen molar-refractivity contribution >= 4 is 17.3 Å². The van der Waals surface area contributed by atoms with Gasteiger partial charge in [-0.2, -0.15) is 0 Å². The molecule has 1 aromatic heterocycles. The van der Waals surface area contributed by atoms with E-state index in [1.807, 2.05) is 0 Å². The molecule has 0 atom stereocenters. The van der Waals surface area contributed by atoms with Crippen LogP contribution in [-0.2, 0) is 6.54 Å². The Morgan fingerprint density at radius 1 is 1.44 bits per heavy atom. The number of nitrogens with one attached hydrogen (secondary N) is 1. The fraction of sp³-hybridized carbons (Fsp3) is 0.0909. The summed E-state index contributed by atoms with van der Waals surface area (Å²) in [6.45, 7) is 0.206. The average molecular weight is 267 g/mol. The van der Waals surface area contributed by atoms with Crippen LogP contribution in [0.3, 0.4) is 0 Å². The smallest absolute Gasteiger partial charge is 0.277 e. The van der Waals surface area contributed by atoms with Crippen molar-refractivity contribution in [2.24, 2.45) is 5.73 Å². The van der Waals surface area contributed by atoms with Gasteiger partial charge in [-0.1, -0.05) is 17.7 Å². The second-order valence-corrected chi connectivity index (χ2v) is 3.88. The molecule has 0 spiro atoms. The molecule has 0 amide bonds. The lowest BCUT2D eigenvalue weighted by Crippen LogP contribution is -2.13. The maximum Gasteiger partial charge on any atom is 0.277 e. The molecule has 0 aliphatic carbocycles. The van der Waals surface area contributed by atoms with Crippen LogP contribution in [0.25, 0.3) is 0 Å². The number of nitrogens with two attached hydrogens (primary N) is 2. The highest BCUT2D eigenvalue weighted by molar-refractivity contribution is 6.31. The molecule has 0 fully saturated rings. The number of benzene rings is 1. The van der Waals surface area contributed by atoms with Crippen molar-refractivity contribution in [2.75, 3.05) is 5.73 Å². The van der Waals surface area contributed by atoms with Gasteiger partial charge in [-0.15, -0.1) is 0 Å². The first-order valence-corrected chi connectivity index (χ1v) is 5.49. The van der Waals surface area contributed by atoms with Crippen LogP contribution in [0, 0.1) is 0 Å². The van der Waals surface area contributed by atoms with Crippen LogP contribution in [-0.4, -0.2) is 9.97 Å². The summed E-state index contributed by atoms with van der Waals surface area (Å²) >= 11 is 5.99. The summed E-state index contributed by atoms with van der Waals surface area (Å²) in [6, 6.07) is 5.09. The van der Waals surface area contributed by atoms with Crippen molar-refractivity contribution in [1.82, 2.24) is 9.97 Å². The average Bonchev–Trinajstić information content (AvgIpc) is 2.35. The maximum absolute atomic E-state index is 11.3. The molecular formula is C11H11ClN4O2. The number of H-pyrrole nitrogens is 1. The van der Waals surface area contributed by atoms with E-state index in [1.54, 1.807) is 18.2 Å². The molecule has 2 rings (SSSR count). The van der Waals surface area contributed by atoms with Gasteiger partial charge in [0.05, 0.1) is 6.33 Å². The van der Waals surface area contributed by atoms with Gasteiger partial charge >= 0.3 is 0 Å². The third kappa shape index (κ3) is 2.29. The van der Waals surface area contributed by atoms with E-state index in [9.17, 15) is 4.79 Å². The van der Waals surface area contributed by atoms with Crippen LogP contribution in [0.2, 0.25) is 5.02 Å². The van der Waals surface area contributed by atoms with Crippen molar-refractivity contribution in [3.05, 3.63) is 45.5 Å². The van der Waals surface area contributed by atoms with Gasteiger partial charge in [0.25, 0.3) is 5.56 Å². The van der Waals surface area contributed by atoms with Crippen LogP contribution >= 0.6 is 11.6 Å². The van der Waals surface area contributed by atoms with Crippen LogP contribution in [0.5, 0.6) is 11.6 Å². The molecule has 0 aliphatic rings. The predicted molar refractivity (Wildman–Crippen MR) is 68.7 cm³/mol. The molecule has 0 saturated heterocycles. The summed E-state index contributed by atoms with van der Waals surface area (Å²) in [5.74, 6) is 0.450. The van der Waals surface area contributed by atoms with E-state index in [0.717, 1.165) is 0 Å². The van der Waals surface area contributed by atoms with Gasteiger partial charge in [0.1, 0.15) is 5.75 Å². The van der Waals surface area contributed by atoms with Crippen LogP contribution in [0.1, 0.15) is 5.56 Å². The molecule has 6 nitrogen and oxygen atoms in total. The van der Waals surface area contributed by atoms with Crippen molar-refractivity contribution in [3.63, 3.8) is 0 Å². The zero-order valence-corrected chi connectivity index (χ0v) is 10.1. The molecule has 1 heterocycles. The summed E-state index contributed by atoms with van der Waals surface area (Å²) in [4.78, 5) is 17.5. The quantitative estimate of drug-likeness (QED) is 0.775. The fourth-order valence-corrected chi connectivity index (χ4v) is 1.66. The van der Waals surface area contributed by atoms with E-state index in [-0.39, 0.29) is 18.1 Å². The first kappa shape index (κ1) is 12.4. The van der Waals surface area contributed by atoms with Gasteiger partial charge in [-0.25, -0.2) is 4.98 Å². The molecule has 0 unspecified atom stereocenters. The van der Waals surface area contributed by atoms with Gasteiger partial charge in [0, 0.05) is 17.1 Å². The number of rotatable bonds is 3. The Bertz CT molecular complexity index is 627. The number of anilines is 1. The molecule has 94 valence electrons. The number of hydrogen-bond acceptors (Lipinski definition) is 5. The Morgan fingerprint density at radius 2 is 2.22 bits per heavy atom. The topological polar surface area (TPSA) is 107 Å².